The molecule has 0 aliphatic heterocycles. The summed E-state index contributed by atoms with van der Waals surface area (Å²) in [7, 11) is 0. The Morgan fingerprint density at radius 2 is 1.85 bits per heavy atom. The maximum Gasteiger partial charge on any atom is 0.266 e. The number of nitrogens with zero attached hydrogens (tertiary/aromatic N) is 1. The van der Waals surface area contributed by atoms with Crippen LogP contribution in [0.2, 0.25) is 5.02 Å². The van der Waals surface area contributed by atoms with E-state index in [4.69, 9.17) is 11.6 Å². The summed E-state index contributed by atoms with van der Waals surface area (Å²) >= 11 is 6.04. The van der Waals surface area contributed by atoms with Gasteiger partial charge in [-0.25, -0.2) is 0 Å². The lowest BCUT2D eigenvalue weighted by Gasteiger charge is -2.09. The maximum absolute atomic E-state index is 12.0. The zero-order valence-corrected chi connectivity index (χ0v) is 11.1. The van der Waals surface area contributed by atoms with Gasteiger partial charge >= 0.3 is 0 Å². The number of benzene rings is 2. The van der Waals surface area contributed by atoms with Crippen LogP contribution >= 0.6 is 11.6 Å². The van der Waals surface area contributed by atoms with Crippen LogP contribution in [-0.4, -0.2) is 4.98 Å². The fourth-order valence-corrected chi connectivity index (χ4v) is 2.45. The molecule has 0 aliphatic carbocycles. The Morgan fingerprint density at radius 3 is 2.55 bits per heavy atom. The first-order valence-electron chi connectivity index (χ1n) is 6.02. The van der Waals surface area contributed by atoms with Crippen LogP contribution in [0.5, 0.6) is 0 Å². The van der Waals surface area contributed by atoms with Crippen LogP contribution in [0, 0.1) is 11.3 Å². The number of fused-ring (bicyclic) bond motifs is 1. The number of nitrogens with one attached hydrogen (secondary N) is 1. The van der Waals surface area contributed by atoms with Crippen LogP contribution < -0.4 is 5.56 Å². The van der Waals surface area contributed by atoms with Crippen molar-refractivity contribution in [2.75, 3.05) is 0 Å². The van der Waals surface area contributed by atoms with Gasteiger partial charge in [0, 0.05) is 21.5 Å². The molecule has 0 atom stereocenters. The van der Waals surface area contributed by atoms with Gasteiger partial charge in [-0.2, -0.15) is 5.26 Å². The molecule has 0 bridgehead atoms. The summed E-state index contributed by atoms with van der Waals surface area (Å²) in [6, 6.07) is 16.6. The first-order chi connectivity index (χ1) is 9.70. The Balaban J connectivity index is 2.53. The molecule has 0 saturated carbocycles. The predicted molar refractivity (Wildman–Crippen MR) is 79.7 cm³/mol. The number of hydrogen-bond donors (Lipinski definition) is 1. The summed E-state index contributed by atoms with van der Waals surface area (Å²) in [6.45, 7) is 0. The highest BCUT2D eigenvalue weighted by Gasteiger charge is 2.14. The van der Waals surface area contributed by atoms with Crippen LogP contribution in [-0.2, 0) is 0 Å². The van der Waals surface area contributed by atoms with Crippen molar-refractivity contribution in [2.24, 2.45) is 0 Å². The van der Waals surface area contributed by atoms with E-state index in [9.17, 15) is 10.1 Å². The maximum atomic E-state index is 12.0. The van der Waals surface area contributed by atoms with E-state index in [1.54, 1.807) is 18.2 Å². The van der Waals surface area contributed by atoms with E-state index >= 15 is 0 Å². The smallest absolute Gasteiger partial charge is 0.266 e. The molecule has 0 spiro atoms. The molecule has 3 nitrogen and oxygen atoms in total. The van der Waals surface area contributed by atoms with Crippen molar-refractivity contribution in [3.05, 3.63) is 69.5 Å². The number of pyridine rings is 1. The SMILES string of the molecule is N#Cc1c(-c2ccccc2)c2cc(Cl)ccc2[nH]c1=O. The monoisotopic (exact) mass is 280 g/mol. The lowest BCUT2D eigenvalue weighted by Crippen LogP contribution is -2.12. The molecular weight excluding hydrogens is 272 g/mol. The minimum absolute atomic E-state index is 0.103. The fourth-order valence-electron chi connectivity index (χ4n) is 2.28. The van der Waals surface area contributed by atoms with E-state index < -0.39 is 0 Å². The summed E-state index contributed by atoms with van der Waals surface area (Å²) in [6.07, 6.45) is 0. The molecule has 0 radical (unpaired) electrons. The molecule has 1 heterocycles. The zero-order chi connectivity index (χ0) is 14.1. The van der Waals surface area contributed by atoms with E-state index in [1.807, 2.05) is 36.4 Å². The number of rotatable bonds is 1. The third-order valence-corrected chi connectivity index (χ3v) is 3.39. The Bertz CT molecular complexity index is 892. The van der Waals surface area contributed by atoms with Gasteiger partial charge in [0.15, 0.2) is 0 Å². The Morgan fingerprint density at radius 1 is 1.10 bits per heavy atom. The molecule has 1 N–H and O–H groups in total. The lowest BCUT2D eigenvalue weighted by atomic mass is 9.97. The Kier molecular flexibility index (Phi) is 3.02. The van der Waals surface area contributed by atoms with E-state index in [0.29, 0.717) is 16.1 Å². The van der Waals surface area contributed by atoms with Gasteiger partial charge in [-0.05, 0) is 23.8 Å². The summed E-state index contributed by atoms with van der Waals surface area (Å²) in [5, 5.41) is 10.6. The average molecular weight is 281 g/mol. The molecule has 0 fully saturated rings. The third-order valence-electron chi connectivity index (χ3n) is 3.15. The summed E-state index contributed by atoms with van der Waals surface area (Å²) in [5.41, 5.74) is 1.82. The first kappa shape index (κ1) is 12.5. The van der Waals surface area contributed by atoms with Gasteiger partial charge < -0.3 is 4.98 Å². The topological polar surface area (TPSA) is 56.6 Å². The Labute approximate surface area is 120 Å². The minimum Gasteiger partial charge on any atom is -0.321 e. The predicted octanol–water partition coefficient (Wildman–Crippen LogP) is 3.72. The van der Waals surface area contributed by atoms with Crippen LogP contribution in [0.3, 0.4) is 0 Å². The molecule has 0 amide bonds. The van der Waals surface area contributed by atoms with E-state index in [2.05, 4.69) is 4.98 Å². The highest BCUT2D eigenvalue weighted by molar-refractivity contribution is 6.31. The Hall–Kier alpha value is -2.57. The van der Waals surface area contributed by atoms with Gasteiger partial charge in [0.05, 0.1) is 0 Å². The van der Waals surface area contributed by atoms with Gasteiger partial charge in [-0.3, -0.25) is 4.79 Å². The van der Waals surface area contributed by atoms with Crippen molar-refractivity contribution >= 4 is 22.5 Å². The van der Waals surface area contributed by atoms with Crippen molar-refractivity contribution in [3.63, 3.8) is 0 Å². The van der Waals surface area contributed by atoms with Crippen LogP contribution in [0.15, 0.2) is 53.3 Å². The molecule has 96 valence electrons. The molecule has 3 rings (SSSR count). The number of hydrogen-bond acceptors (Lipinski definition) is 2. The van der Waals surface area contributed by atoms with Gasteiger partial charge in [0.2, 0.25) is 0 Å². The van der Waals surface area contributed by atoms with Crippen molar-refractivity contribution in [1.29, 1.82) is 5.26 Å². The number of halogens is 1. The molecule has 3 aromatic rings. The third kappa shape index (κ3) is 1.97. The standard InChI is InChI=1S/C16H9ClN2O/c17-11-6-7-14-12(8-11)15(10-4-2-1-3-5-10)13(9-18)16(20)19-14/h1-8H,(H,19,20). The van der Waals surface area contributed by atoms with Crippen LogP contribution in [0.4, 0.5) is 0 Å². The molecule has 2 aromatic carbocycles. The number of H-pyrrole nitrogens is 1. The number of nitriles is 1. The number of aromatic amines is 1. The summed E-state index contributed by atoms with van der Waals surface area (Å²) < 4.78 is 0. The second-order valence-corrected chi connectivity index (χ2v) is 4.81. The van der Waals surface area contributed by atoms with Crippen molar-refractivity contribution in [1.82, 2.24) is 4.98 Å². The highest BCUT2D eigenvalue weighted by atomic mass is 35.5. The molecular formula is C16H9ClN2O. The van der Waals surface area contributed by atoms with Crippen molar-refractivity contribution < 1.29 is 0 Å². The largest absolute Gasteiger partial charge is 0.321 e. The molecule has 4 heteroatoms. The van der Waals surface area contributed by atoms with Crippen molar-refractivity contribution in [2.45, 2.75) is 0 Å². The summed E-state index contributed by atoms with van der Waals surface area (Å²) in [4.78, 5) is 14.7. The van der Waals surface area contributed by atoms with E-state index in [1.165, 1.54) is 0 Å². The van der Waals surface area contributed by atoms with E-state index in [-0.39, 0.29) is 11.1 Å². The van der Waals surface area contributed by atoms with E-state index in [0.717, 1.165) is 10.9 Å². The second-order valence-electron chi connectivity index (χ2n) is 4.37. The first-order valence-corrected chi connectivity index (χ1v) is 6.39. The average Bonchev–Trinajstić information content (AvgIpc) is 2.47. The van der Waals surface area contributed by atoms with Gasteiger partial charge in [0.25, 0.3) is 5.56 Å². The molecule has 1 aromatic heterocycles. The van der Waals surface area contributed by atoms with Crippen LogP contribution in [0.25, 0.3) is 22.0 Å². The fraction of sp³-hybridized carbons (Fsp3) is 0. The number of aromatic nitrogens is 1. The van der Waals surface area contributed by atoms with Gasteiger partial charge in [0.1, 0.15) is 11.6 Å². The summed E-state index contributed by atoms with van der Waals surface area (Å²) in [5.74, 6) is 0. The molecule has 0 saturated heterocycles. The normalized spacial score (nSPS) is 10.4. The van der Waals surface area contributed by atoms with Crippen LogP contribution in [0.1, 0.15) is 5.56 Å². The zero-order valence-electron chi connectivity index (χ0n) is 10.4. The van der Waals surface area contributed by atoms with Crippen molar-refractivity contribution in [3.8, 4) is 17.2 Å². The lowest BCUT2D eigenvalue weighted by molar-refractivity contribution is 1.27. The van der Waals surface area contributed by atoms with Gasteiger partial charge in [-0.1, -0.05) is 41.9 Å². The second kappa shape index (κ2) is 4.84. The molecule has 20 heavy (non-hydrogen) atoms. The molecule has 0 aliphatic rings. The minimum atomic E-state index is -0.388. The van der Waals surface area contributed by atoms with Gasteiger partial charge in [-0.15, -0.1) is 0 Å². The molecule has 0 unspecified atom stereocenters. The quantitative estimate of drug-likeness (QED) is 0.738. The highest BCUT2D eigenvalue weighted by Crippen LogP contribution is 2.30.